The molecule has 0 bridgehead atoms. The van der Waals surface area contributed by atoms with Gasteiger partial charge < -0.3 is 19.7 Å². The van der Waals surface area contributed by atoms with Crippen LogP contribution in [0.2, 0.25) is 0 Å². The zero-order chi connectivity index (χ0) is 14.2. The van der Waals surface area contributed by atoms with Crippen LogP contribution in [0, 0.1) is 0 Å². The van der Waals surface area contributed by atoms with Gasteiger partial charge in [0.05, 0.1) is 14.2 Å². The van der Waals surface area contributed by atoms with E-state index in [1.807, 2.05) is 12.1 Å². The number of hydrogen-bond donors (Lipinski definition) is 1. The molecule has 4 nitrogen and oxygen atoms in total. The topological polar surface area (TPSA) is 33.7 Å². The zero-order valence-electron chi connectivity index (χ0n) is 12.7. The average Bonchev–Trinajstić information content (AvgIpc) is 3.00. The summed E-state index contributed by atoms with van der Waals surface area (Å²) >= 11 is 0. The number of benzene rings is 1. The first-order valence-corrected chi connectivity index (χ1v) is 7.47. The van der Waals surface area contributed by atoms with Gasteiger partial charge in [-0.25, -0.2) is 0 Å². The lowest BCUT2D eigenvalue weighted by molar-refractivity contribution is 0.330. The Morgan fingerprint density at radius 1 is 1.15 bits per heavy atom. The van der Waals surface area contributed by atoms with E-state index < -0.39 is 0 Å². The highest BCUT2D eigenvalue weighted by Crippen LogP contribution is 2.24. The van der Waals surface area contributed by atoms with Crippen molar-refractivity contribution in [1.29, 1.82) is 0 Å². The number of ether oxygens (including phenoxy) is 2. The van der Waals surface area contributed by atoms with Gasteiger partial charge in [0.15, 0.2) is 0 Å². The second-order valence-electron chi connectivity index (χ2n) is 5.26. The van der Waals surface area contributed by atoms with Crippen molar-refractivity contribution in [2.24, 2.45) is 0 Å². The van der Waals surface area contributed by atoms with Crippen LogP contribution < -0.4 is 14.8 Å². The highest BCUT2D eigenvalue weighted by Gasteiger charge is 2.10. The van der Waals surface area contributed by atoms with Gasteiger partial charge >= 0.3 is 0 Å². The third kappa shape index (κ3) is 4.39. The third-order valence-electron chi connectivity index (χ3n) is 3.84. The van der Waals surface area contributed by atoms with Crippen molar-refractivity contribution in [1.82, 2.24) is 10.2 Å². The van der Waals surface area contributed by atoms with Crippen LogP contribution in [0.4, 0.5) is 0 Å². The Kier molecular flexibility index (Phi) is 6.15. The molecule has 0 saturated carbocycles. The Hall–Kier alpha value is -1.26. The van der Waals surface area contributed by atoms with Crippen LogP contribution in [-0.4, -0.2) is 45.3 Å². The summed E-state index contributed by atoms with van der Waals surface area (Å²) in [5.74, 6) is 1.72. The van der Waals surface area contributed by atoms with E-state index in [4.69, 9.17) is 9.47 Å². The minimum Gasteiger partial charge on any atom is -0.497 e. The van der Waals surface area contributed by atoms with E-state index in [0.717, 1.165) is 24.6 Å². The highest BCUT2D eigenvalue weighted by molar-refractivity contribution is 5.40. The van der Waals surface area contributed by atoms with Crippen molar-refractivity contribution in [2.45, 2.75) is 25.8 Å². The van der Waals surface area contributed by atoms with Crippen molar-refractivity contribution >= 4 is 0 Å². The van der Waals surface area contributed by atoms with Gasteiger partial charge in [-0.15, -0.1) is 0 Å². The van der Waals surface area contributed by atoms with Gasteiger partial charge in [0.25, 0.3) is 0 Å². The first-order valence-electron chi connectivity index (χ1n) is 7.47. The average molecular weight is 278 g/mol. The Balaban J connectivity index is 1.70. The summed E-state index contributed by atoms with van der Waals surface area (Å²) in [7, 11) is 3.37. The zero-order valence-corrected chi connectivity index (χ0v) is 12.7. The van der Waals surface area contributed by atoms with Crippen LogP contribution in [0.25, 0.3) is 0 Å². The number of likely N-dealkylation sites (tertiary alicyclic amines) is 1. The third-order valence-corrected chi connectivity index (χ3v) is 3.84. The molecular weight excluding hydrogens is 252 g/mol. The molecule has 20 heavy (non-hydrogen) atoms. The Morgan fingerprint density at radius 2 is 1.95 bits per heavy atom. The molecule has 1 heterocycles. The lowest BCUT2D eigenvalue weighted by Crippen LogP contribution is -2.24. The predicted octanol–water partition coefficient (Wildman–Crippen LogP) is 2.28. The van der Waals surface area contributed by atoms with Crippen LogP contribution in [0.5, 0.6) is 11.5 Å². The van der Waals surface area contributed by atoms with Crippen molar-refractivity contribution in [2.75, 3.05) is 40.4 Å². The molecule has 0 radical (unpaired) electrons. The fourth-order valence-corrected chi connectivity index (χ4v) is 2.65. The quantitative estimate of drug-likeness (QED) is 0.740. The molecule has 0 aromatic heterocycles. The Morgan fingerprint density at radius 3 is 2.65 bits per heavy atom. The first kappa shape index (κ1) is 15.1. The van der Waals surface area contributed by atoms with Crippen LogP contribution in [0.3, 0.4) is 0 Å². The lowest BCUT2D eigenvalue weighted by atomic mass is 10.2. The number of nitrogens with one attached hydrogen (secondary N) is 1. The fourth-order valence-electron chi connectivity index (χ4n) is 2.65. The lowest BCUT2D eigenvalue weighted by Gasteiger charge is -2.15. The Labute approximate surface area is 122 Å². The van der Waals surface area contributed by atoms with Gasteiger partial charge in [-0.05, 0) is 51.5 Å². The molecule has 1 fully saturated rings. The van der Waals surface area contributed by atoms with Crippen LogP contribution in [0.1, 0.15) is 24.8 Å². The first-order chi connectivity index (χ1) is 9.83. The molecular formula is C16H26N2O2. The largest absolute Gasteiger partial charge is 0.497 e. The number of methoxy groups -OCH3 is 2. The number of rotatable bonds is 8. The molecule has 1 aliphatic rings. The van der Waals surface area contributed by atoms with E-state index in [1.54, 1.807) is 14.2 Å². The Bertz CT molecular complexity index is 403. The van der Waals surface area contributed by atoms with Gasteiger partial charge in [0.1, 0.15) is 11.5 Å². The van der Waals surface area contributed by atoms with E-state index >= 15 is 0 Å². The molecule has 0 spiro atoms. The van der Waals surface area contributed by atoms with Gasteiger partial charge in [-0.1, -0.05) is 6.07 Å². The summed E-state index contributed by atoms with van der Waals surface area (Å²) in [5.41, 5.74) is 1.18. The van der Waals surface area contributed by atoms with Crippen LogP contribution in [-0.2, 0) is 6.54 Å². The molecule has 0 atom stereocenters. The molecule has 1 aliphatic heterocycles. The van der Waals surface area contributed by atoms with Crippen LogP contribution >= 0.6 is 0 Å². The number of nitrogens with zero attached hydrogens (tertiary/aromatic N) is 1. The van der Waals surface area contributed by atoms with E-state index in [1.165, 1.54) is 44.5 Å². The summed E-state index contributed by atoms with van der Waals surface area (Å²) < 4.78 is 10.6. The fraction of sp³-hybridized carbons (Fsp3) is 0.625. The van der Waals surface area contributed by atoms with Crippen molar-refractivity contribution in [3.63, 3.8) is 0 Å². The second kappa shape index (κ2) is 8.12. The van der Waals surface area contributed by atoms with Crippen molar-refractivity contribution in [3.05, 3.63) is 23.8 Å². The summed E-state index contributed by atoms with van der Waals surface area (Å²) in [4.78, 5) is 2.55. The molecule has 1 N–H and O–H groups in total. The minimum absolute atomic E-state index is 0.833. The highest BCUT2D eigenvalue weighted by atomic mass is 16.5. The number of hydrogen-bond acceptors (Lipinski definition) is 4. The van der Waals surface area contributed by atoms with Gasteiger partial charge in [0.2, 0.25) is 0 Å². The summed E-state index contributed by atoms with van der Waals surface area (Å²) in [6.07, 6.45) is 3.95. The molecule has 4 heteroatoms. The normalized spacial score (nSPS) is 15.5. The summed E-state index contributed by atoms with van der Waals surface area (Å²) in [6, 6.07) is 5.97. The standard InChI is InChI=1S/C16H26N2O2/c1-19-15-7-6-14(16(12-15)20-2)13-17-8-5-11-18-9-3-4-10-18/h6-7,12,17H,3-5,8-11,13H2,1-2H3. The van der Waals surface area contributed by atoms with E-state index in [2.05, 4.69) is 16.3 Å². The van der Waals surface area contributed by atoms with Gasteiger partial charge in [0, 0.05) is 18.2 Å². The van der Waals surface area contributed by atoms with Gasteiger partial charge in [-0.2, -0.15) is 0 Å². The molecule has 1 saturated heterocycles. The maximum absolute atomic E-state index is 5.40. The molecule has 0 unspecified atom stereocenters. The second-order valence-corrected chi connectivity index (χ2v) is 5.26. The monoisotopic (exact) mass is 278 g/mol. The molecule has 1 aromatic carbocycles. The van der Waals surface area contributed by atoms with Crippen molar-refractivity contribution < 1.29 is 9.47 Å². The maximum atomic E-state index is 5.40. The minimum atomic E-state index is 0.833. The van der Waals surface area contributed by atoms with E-state index in [9.17, 15) is 0 Å². The van der Waals surface area contributed by atoms with E-state index in [0.29, 0.717) is 0 Å². The molecule has 0 amide bonds. The summed E-state index contributed by atoms with van der Waals surface area (Å²) in [6.45, 7) is 5.67. The smallest absolute Gasteiger partial charge is 0.127 e. The molecule has 2 rings (SSSR count). The predicted molar refractivity (Wildman–Crippen MR) is 81.5 cm³/mol. The summed E-state index contributed by atoms with van der Waals surface area (Å²) in [5, 5.41) is 3.49. The SMILES string of the molecule is COc1ccc(CNCCCN2CCCC2)c(OC)c1. The molecule has 0 aliphatic carbocycles. The molecule has 112 valence electrons. The van der Waals surface area contributed by atoms with Crippen LogP contribution in [0.15, 0.2) is 18.2 Å². The van der Waals surface area contributed by atoms with Crippen molar-refractivity contribution in [3.8, 4) is 11.5 Å². The maximum Gasteiger partial charge on any atom is 0.127 e. The molecule has 1 aromatic rings. The van der Waals surface area contributed by atoms with Gasteiger partial charge in [-0.3, -0.25) is 0 Å². The van der Waals surface area contributed by atoms with E-state index in [-0.39, 0.29) is 0 Å².